The van der Waals surface area contributed by atoms with Crippen molar-refractivity contribution in [1.82, 2.24) is 5.32 Å². The third-order valence-electron chi connectivity index (χ3n) is 2.99. The average Bonchev–Trinajstić information content (AvgIpc) is 2.29. The zero-order valence-electron chi connectivity index (χ0n) is 8.85. The molecule has 0 radical (unpaired) electrons. The van der Waals surface area contributed by atoms with Gasteiger partial charge in [-0.05, 0) is 31.0 Å². The van der Waals surface area contributed by atoms with E-state index < -0.39 is 6.43 Å². The molecule has 1 aliphatic rings. The Morgan fingerprint density at radius 2 is 2.12 bits per heavy atom. The highest BCUT2D eigenvalue weighted by Gasteiger charge is 2.23. The van der Waals surface area contributed by atoms with Crippen molar-refractivity contribution in [3.8, 4) is 0 Å². The van der Waals surface area contributed by atoms with Gasteiger partial charge in [-0.25, -0.2) is 8.78 Å². The molecule has 4 heteroatoms. The van der Waals surface area contributed by atoms with Crippen LogP contribution in [0.5, 0.6) is 0 Å². The van der Waals surface area contributed by atoms with E-state index in [1.54, 1.807) is 12.1 Å². The molecule has 0 bridgehead atoms. The highest BCUT2D eigenvalue weighted by Crippen LogP contribution is 2.35. The largest absolute Gasteiger partial charge is 0.310 e. The summed E-state index contributed by atoms with van der Waals surface area (Å²) >= 11 is 5.84. The zero-order chi connectivity index (χ0) is 11.5. The maximum absolute atomic E-state index is 12.9. The van der Waals surface area contributed by atoms with Crippen LogP contribution in [0.3, 0.4) is 0 Å². The van der Waals surface area contributed by atoms with E-state index in [9.17, 15) is 8.78 Å². The summed E-state index contributed by atoms with van der Waals surface area (Å²) in [7, 11) is 0. The van der Waals surface area contributed by atoms with Gasteiger partial charge in [0.05, 0.1) is 0 Å². The van der Waals surface area contributed by atoms with Crippen LogP contribution in [0, 0.1) is 0 Å². The molecule has 0 amide bonds. The summed E-state index contributed by atoms with van der Waals surface area (Å²) in [5, 5.41) is 3.43. The topological polar surface area (TPSA) is 12.0 Å². The molecule has 0 saturated carbocycles. The number of alkyl halides is 2. The number of benzene rings is 1. The van der Waals surface area contributed by atoms with Crippen molar-refractivity contribution >= 4 is 11.6 Å². The Kier molecular flexibility index (Phi) is 3.77. The smallest absolute Gasteiger partial charge is 0.265 e. The first-order valence-electron chi connectivity index (χ1n) is 5.50. The van der Waals surface area contributed by atoms with Crippen molar-refractivity contribution in [2.45, 2.75) is 31.7 Å². The van der Waals surface area contributed by atoms with Crippen molar-refractivity contribution in [3.05, 3.63) is 34.3 Å². The van der Waals surface area contributed by atoms with E-state index in [0.29, 0.717) is 5.56 Å². The van der Waals surface area contributed by atoms with Crippen LogP contribution >= 0.6 is 11.6 Å². The first-order valence-corrected chi connectivity index (χ1v) is 5.88. The molecule has 1 aliphatic heterocycles. The number of nitrogens with one attached hydrogen (secondary N) is 1. The summed E-state index contributed by atoms with van der Waals surface area (Å²) < 4.78 is 25.9. The minimum atomic E-state index is -2.51. The normalized spacial score (nSPS) is 21.4. The molecule has 1 saturated heterocycles. The van der Waals surface area contributed by atoms with Crippen molar-refractivity contribution in [3.63, 3.8) is 0 Å². The monoisotopic (exact) mass is 245 g/mol. The van der Waals surface area contributed by atoms with E-state index in [0.717, 1.165) is 25.8 Å². The van der Waals surface area contributed by atoms with Gasteiger partial charge in [-0.2, -0.15) is 0 Å². The maximum Gasteiger partial charge on any atom is 0.265 e. The number of hydrogen-bond donors (Lipinski definition) is 1. The van der Waals surface area contributed by atoms with Gasteiger partial charge in [0.15, 0.2) is 0 Å². The maximum atomic E-state index is 12.9. The SMILES string of the molecule is FC(F)c1c(Cl)cccc1C1CCCCN1. The van der Waals surface area contributed by atoms with Crippen molar-refractivity contribution in [2.24, 2.45) is 0 Å². The molecular formula is C12H14ClF2N. The predicted molar refractivity (Wildman–Crippen MR) is 61.0 cm³/mol. The fourth-order valence-corrected chi connectivity index (χ4v) is 2.47. The van der Waals surface area contributed by atoms with E-state index >= 15 is 0 Å². The average molecular weight is 246 g/mol. The summed E-state index contributed by atoms with van der Waals surface area (Å²) in [6.45, 7) is 0.889. The Balaban J connectivity index is 2.34. The molecule has 0 aliphatic carbocycles. The second-order valence-electron chi connectivity index (χ2n) is 4.05. The van der Waals surface area contributed by atoms with Gasteiger partial charge in [-0.1, -0.05) is 30.2 Å². The van der Waals surface area contributed by atoms with Crippen LogP contribution in [0.25, 0.3) is 0 Å². The molecular weight excluding hydrogens is 232 g/mol. The number of halogens is 3. The summed E-state index contributed by atoms with van der Waals surface area (Å²) in [4.78, 5) is 0. The minimum absolute atomic E-state index is 0.0106. The van der Waals surface area contributed by atoms with Gasteiger partial charge in [0.25, 0.3) is 6.43 Å². The Hall–Kier alpha value is -0.670. The molecule has 88 valence electrons. The Bertz CT molecular complexity index is 362. The van der Waals surface area contributed by atoms with Gasteiger partial charge in [0.2, 0.25) is 0 Å². The quantitative estimate of drug-likeness (QED) is 0.828. The molecule has 0 aromatic heterocycles. The lowest BCUT2D eigenvalue weighted by atomic mass is 9.94. The Morgan fingerprint density at radius 3 is 2.75 bits per heavy atom. The third kappa shape index (κ3) is 2.36. The van der Waals surface area contributed by atoms with Crippen LogP contribution in [0.4, 0.5) is 8.78 Å². The van der Waals surface area contributed by atoms with Crippen LogP contribution < -0.4 is 5.32 Å². The van der Waals surface area contributed by atoms with E-state index in [1.807, 2.05) is 0 Å². The second-order valence-corrected chi connectivity index (χ2v) is 4.45. The second kappa shape index (κ2) is 5.11. The lowest BCUT2D eigenvalue weighted by Gasteiger charge is -2.26. The first-order chi connectivity index (χ1) is 7.70. The molecule has 1 heterocycles. The van der Waals surface area contributed by atoms with E-state index in [-0.39, 0.29) is 16.6 Å². The molecule has 1 N–H and O–H groups in total. The van der Waals surface area contributed by atoms with Crippen LogP contribution in [-0.2, 0) is 0 Å². The molecule has 1 aromatic rings. The lowest BCUT2D eigenvalue weighted by molar-refractivity contribution is 0.149. The number of rotatable bonds is 2. The third-order valence-corrected chi connectivity index (χ3v) is 3.32. The molecule has 1 atom stereocenters. The van der Waals surface area contributed by atoms with Crippen LogP contribution in [0.1, 0.15) is 42.9 Å². The molecule has 1 fully saturated rings. The van der Waals surface area contributed by atoms with Gasteiger partial charge in [-0.15, -0.1) is 0 Å². The zero-order valence-corrected chi connectivity index (χ0v) is 9.61. The van der Waals surface area contributed by atoms with Gasteiger partial charge in [0, 0.05) is 16.6 Å². The Morgan fingerprint density at radius 1 is 1.31 bits per heavy atom. The molecule has 1 unspecified atom stereocenters. The fraction of sp³-hybridized carbons (Fsp3) is 0.500. The minimum Gasteiger partial charge on any atom is -0.310 e. The summed E-state index contributed by atoms with van der Waals surface area (Å²) in [5.74, 6) is 0. The van der Waals surface area contributed by atoms with Crippen LogP contribution in [-0.4, -0.2) is 6.54 Å². The summed E-state index contributed by atoms with van der Waals surface area (Å²) in [5.41, 5.74) is 0.644. The van der Waals surface area contributed by atoms with E-state index in [2.05, 4.69) is 5.32 Å². The van der Waals surface area contributed by atoms with Gasteiger partial charge in [-0.3, -0.25) is 0 Å². The highest BCUT2D eigenvalue weighted by atomic mass is 35.5. The van der Waals surface area contributed by atoms with E-state index in [1.165, 1.54) is 6.07 Å². The van der Waals surface area contributed by atoms with Gasteiger partial charge >= 0.3 is 0 Å². The van der Waals surface area contributed by atoms with Crippen LogP contribution in [0.2, 0.25) is 5.02 Å². The Labute approximate surface area is 98.8 Å². The summed E-state index contributed by atoms with van der Waals surface area (Å²) in [6.07, 6.45) is 0.584. The lowest BCUT2D eigenvalue weighted by Crippen LogP contribution is -2.27. The molecule has 2 rings (SSSR count). The summed E-state index contributed by atoms with van der Waals surface area (Å²) in [6, 6.07) is 5.03. The van der Waals surface area contributed by atoms with Crippen molar-refractivity contribution in [1.29, 1.82) is 0 Å². The molecule has 0 spiro atoms. The molecule has 1 aromatic carbocycles. The van der Waals surface area contributed by atoms with Crippen molar-refractivity contribution in [2.75, 3.05) is 6.54 Å². The predicted octanol–water partition coefficient (Wildman–Crippen LogP) is 4.09. The van der Waals surface area contributed by atoms with Crippen molar-refractivity contribution < 1.29 is 8.78 Å². The van der Waals surface area contributed by atoms with Crippen LogP contribution in [0.15, 0.2) is 18.2 Å². The molecule has 1 nitrogen and oxygen atoms in total. The van der Waals surface area contributed by atoms with Gasteiger partial charge < -0.3 is 5.32 Å². The fourth-order valence-electron chi connectivity index (χ4n) is 2.21. The van der Waals surface area contributed by atoms with E-state index in [4.69, 9.17) is 11.6 Å². The highest BCUT2D eigenvalue weighted by molar-refractivity contribution is 6.31. The first kappa shape index (κ1) is 11.8. The number of hydrogen-bond acceptors (Lipinski definition) is 1. The molecule has 16 heavy (non-hydrogen) atoms. The standard InChI is InChI=1S/C12H14ClF2N/c13-9-5-3-4-8(11(9)12(14)15)10-6-1-2-7-16-10/h3-5,10,12,16H,1-2,6-7H2. The van der Waals surface area contributed by atoms with Gasteiger partial charge in [0.1, 0.15) is 0 Å². The number of piperidine rings is 1.